The SMILES string of the molecule is COC(CC(F)(F)C(F)(F)C(F)(F)C(F)(F)C(F)(F)F)c1cccc(C(C)C)c1. The summed E-state index contributed by atoms with van der Waals surface area (Å²) in [6.07, 6.45) is -11.4. The van der Waals surface area contributed by atoms with Gasteiger partial charge in [0.2, 0.25) is 0 Å². The lowest BCUT2D eigenvalue weighted by Crippen LogP contribution is -2.66. The van der Waals surface area contributed by atoms with Crippen LogP contribution in [-0.2, 0) is 4.74 Å². The Kier molecular flexibility index (Phi) is 6.95. The maximum absolute atomic E-state index is 14.0. The lowest BCUT2D eigenvalue weighted by Gasteiger charge is -2.38. The van der Waals surface area contributed by atoms with E-state index < -0.39 is 42.4 Å². The fourth-order valence-corrected chi connectivity index (χ4v) is 2.42. The zero-order valence-corrected chi connectivity index (χ0v) is 15.2. The third-order valence-corrected chi connectivity index (χ3v) is 4.28. The minimum absolute atomic E-state index is 0.149. The standard InChI is InChI=1S/C17H17F11O/c1-9(2)10-5-4-6-11(7-10)12(29-3)8-13(18,19)14(20,21)15(22,23)16(24,25)17(26,27)28/h4-7,9,12H,8H2,1-3H3. The summed E-state index contributed by atoms with van der Waals surface area (Å²) in [4.78, 5) is 0. The van der Waals surface area contributed by atoms with E-state index in [-0.39, 0.29) is 11.5 Å². The van der Waals surface area contributed by atoms with Crippen molar-refractivity contribution >= 4 is 0 Å². The zero-order valence-electron chi connectivity index (χ0n) is 15.2. The molecule has 1 rings (SSSR count). The highest BCUT2D eigenvalue weighted by atomic mass is 19.4. The molecule has 168 valence electrons. The number of alkyl halides is 11. The van der Waals surface area contributed by atoms with Gasteiger partial charge in [-0.1, -0.05) is 38.1 Å². The summed E-state index contributed by atoms with van der Waals surface area (Å²) in [5, 5.41) is 0. The molecule has 1 aromatic rings. The number of ether oxygens (including phenoxy) is 1. The number of benzene rings is 1. The minimum atomic E-state index is -7.42. The van der Waals surface area contributed by atoms with E-state index in [1.165, 1.54) is 12.1 Å². The fourth-order valence-electron chi connectivity index (χ4n) is 2.42. The Labute approximate surface area is 158 Å². The number of methoxy groups -OCH3 is 1. The van der Waals surface area contributed by atoms with Gasteiger partial charge in [0.05, 0.1) is 6.10 Å². The van der Waals surface area contributed by atoms with Crippen molar-refractivity contribution in [1.29, 1.82) is 0 Å². The predicted molar refractivity (Wildman–Crippen MR) is 80.7 cm³/mol. The van der Waals surface area contributed by atoms with Crippen LogP contribution in [0.25, 0.3) is 0 Å². The molecule has 0 spiro atoms. The molecule has 0 heterocycles. The van der Waals surface area contributed by atoms with Gasteiger partial charge in [0.15, 0.2) is 0 Å². The van der Waals surface area contributed by atoms with Crippen LogP contribution in [0.4, 0.5) is 48.3 Å². The van der Waals surface area contributed by atoms with Gasteiger partial charge in [-0.3, -0.25) is 0 Å². The molecule has 1 nitrogen and oxygen atoms in total. The highest BCUT2D eigenvalue weighted by Gasteiger charge is 2.87. The zero-order chi connectivity index (χ0) is 23.1. The molecule has 0 bridgehead atoms. The lowest BCUT2D eigenvalue weighted by atomic mass is 9.91. The molecule has 1 unspecified atom stereocenters. The summed E-state index contributed by atoms with van der Waals surface area (Å²) in [5.41, 5.74) is 0.369. The van der Waals surface area contributed by atoms with Crippen molar-refractivity contribution in [1.82, 2.24) is 0 Å². The summed E-state index contributed by atoms with van der Waals surface area (Å²) < 4.78 is 149. The van der Waals surface area contributed by atoms with Gasteiger partial charge >= 0.3 is 29.9 Å². The van der Waals surface area contributed by atoms with Crippen LogP contribution in [-0.4, -0.2) is 37.0 Å². The van der Waals surface area contributed by atoms with Gasteiger partial charge in [0.25, 0.3) is 0 Å². The Bertz CT molecular complexity index is 695. The summed E-state index contributed by atoms with van der Waals surface area (Å²) in [6, 6.07) is 5.26. The third-order valence-electron chi connectivity index (χ3n) is 4.28. The van der Waals surface area contributed by atoms with E-state index in [0.29, 0.717) is 5.56 Å². The third kappa shape index (κ3) is 4.46. The first-order valence-electron chi connectivity index (χ1n) is 8.04. The smallest absolute Gasteiger partial charge is 0.377 e. The predicted octanol–water partition coefficient (Wildman–Crippen LogP) is 6.99. The molecule has 1 aromatic carbocycles. The maximum Gasteiger partial charge on any atom is 0.460 e. The molecule has 0 amide bonds. The van der Waals surface area contributed by atoms with Crippen LogP contribution >= 0.6 is 0 Å². The van der Waals surface area contributed by atoms with Gasteiger partial charge in [0.1, 0.15) is 0 Å². The molecule has 0 fully saturated rings. The summed E-state index contributed by atoms with van der Waals surface area (Å²) in [6.45, 7) is 3.40. The molecule has 0 saturated heterocycles. The van der Waals surface area contributed by atoms with Crippen LogP contribution < -0.4 is 0 Å². The molecule has 0 saturated carbocycles. The minimum Gasteiger partial charge on any atom is -0.377 e. The van der Waals surface area contributed by atoms with Gasteiger partial charge in [-0.05, 0) is 17.0 Å². The quantitative estimate of drug-likeness (QED) is 0.391. The maximum atomic E-state index is 14.0. The second kappa shape index (κ2) is 7.92. The van der Waals surface area contributed by atoms with Gasteiger partial charge in [0, 0.05) is 13.5 Å². The Morgan fingerprint density at radius 2 is 1.24 bits per heavy atom. The monoisotopic (exact) mass is 446 g/mol. The average Bonchev–Trinajstić information content (AvgIpc) is 2.58. The van der Waals surface area contributed by atoms with Crippen molar-refractivity contribution in [3.63, 3.8) is 0 Å². The van der Waals surface area contributed by atoms with Crippen LogP contribution in [0.1, 0.15) is 43.4 Å². The van der Waals surface area contributed by atoms with Gasteiger partial charge in [-0.2, -0.15) is 48.3 Å². The highest BCUT2D eigenvalue weighted by Crippen LogP contribution is 2.58. The fraction of sp³-hybridized carbons (Fsp3) is 0.647. The Hall–Kier alpha value is -1.59. The normalized spacial score (nSPS) is 15.7. The molecule has 0 aliphatic rings. The van der Waals surface area contributed by atoms with Crippen molar-refractivity contribution in [2.75, 3.05) is 7.11 Å². The Balaban J connectivity index is 3.32. The molecular weight excluding hydrogens is 429 g/mol. The molecule has 0 N–H and O–H groups in total. The molecule has 29 heavy (non-hydrogen) atoms. The van der Waals surface area contributed by atoms with Crippen LogP contribution in [0, 0.1) is 0 Å². The van der Waals surface area contributed by atoms with E-state index in [0.717, 1.165) is 13.2 Å². The molecule has 0 aliphatic carbocycles. The Morgan fingerprint density at radius 3 is 1.66 bits per heavy atom. The molecule has 0 aliphatic heterocycles. The van der Waals surface area contributed by atoms with Crippen molar-refractivity contribution in [2.24, 2.45) is 0 Å². The molecule has 0 radical (unpaired) electrons. The Morgan fingerprint density at radius 1 is 0.759 bits per heavy atom. The van der Waals surface area contributed by atoms with E-state index in [1.54, 1.807) is 19.9 Å². The number of hydrogen-bond acceptors (Lipinski definition) is 1. The first-order chi connectivity index (χ1) is 12.8. The molecular formula is C17H17F11O. The first kappa shape index (κ1) is 25.4. The van der Waals surface area contributed by atoms with Gasteiger partial charge < -0.3 is 4.74 Å². The van der Waals surface area contributed by atoms with Crippen LogP contribution in [0.15, 0.2) is 24.3 Å². The second-order valence-electron chi connectivity index (χ2n) is 6.68. The van der Waals surface area contributed by atoms with Crippen molar-refractivity contribution in [2.45, 2.75) is 62.2 Å². The van der Waals surface area contributed by atoms with Crippen molar-refractivity contribution < 1.29 is 53.0 Å². The average molecular weight is 446 g/mol. The van der Waals surface area contributed by atoms with Crippen LogP contribution in [0.5, 0.6) is 0 Å². The van der Waals surface area contributed by atoms with E-state index in [9.17, 15) is 48.3 Å². The number of rotatable bonds is 8. The van der Waals surface area contributed by atoms with Gasteiger partial charge in [-0.15, -0.1) is 0 Å². The van der Waals surface area contributed by atoms with E-state index in [1.807, 2.05) is 0 Å². The van der Waals surface area contributed by atoms with Crippen molar-refractivity contribution in [3.05, 3.63) is 35.4 Å². The first-order valence-corrected chi connectivity index (χ1v) is 8.04. The van der Waals surface area contributed by atoms with Gasteiger partial charge in [-0.25, -0.2) is 0 Å². The topological polar surface area (TPSA) is 9.23 Å². The van der Waals surface area contributed by atoms with Crippen molar-refractivity contribution in [3.8, 4) is 0 Å². The lowest BCUT2D eigenvalue weighted by molar-refractivity contribution is -0.423. The summed E-state index contributed by atoms with van der Waals surface area (Å²) in [5.74, 6) is -28.0. The van der Waals surface area contributed by atoms with E-state index in [4.69, 9.17) is 0 Å². The van der Waals surface area contributed by atoms with Crippen LogP contribution in [0.3, 0.4) is 0 Å². The summed E-state index contributed by atoms with van der Waals surface area (Å²) in [7, 11) is 0.767. The largest absolute Gasteiger partial charge is 0.460 e. The molecule has 0 aromatic heterocycles. The number of halogens is 11. The van der Waals surface area contributed by atoms with E-state index in [2.05, 4.69) is 4.74 Å². The molecule has 12 heteroatoms. The van der Waals surface area contributed by atoms with Crippen LogP contribution in [0.2, 0.25) is 0 Å². The highest BCUT2D eigenvalue weighted by molar-refractivity contribution is 5.28. The molecule has 1 atom stereocenters. The van der Waals surface area contributed by atoms with E-state index >= 15 is 0 Å². The second-order valence-corrected chi connectivity index (χ2v) is 6.68. The number of hydrogen-bond donors (Lipinski definition) is 0. The summed E-state index contributed by atoms with van der Waals surface area (Å²) >= 11 is 0.